The monoisotopic (exact) mass is 400 g/mol. The molecule has 1 heterocycles. The lowest BCUT2D eigenvalue weighted by atomic mass is 9.71. The van der Waals surface area contributed by atoms with Gasteiger partial charge in [-0.2, -0.15) is 0 Å². The zero-order valence-electron chi connectivity index (χ0n) is 19.2. The van der Waals surface area contributed by atoms with Crippen molar-refractivity contribution in [1.29, 1.82) is 0 Å². The number of tetrazole rings is 1. The third-order valence-corrected chi connectivity index (χ3v) is 7.52. The van der Waals surface area contributed by atoms with Crippen molar-refractivity contribution in [3.05, 3.63) is 64.2 Å². The summed E-state index contributed by atoms with van der Waals surface area (Å²) in [7, 11) is 0. The van der Waals surface area contributed by atoms with E-state index in [0.29, 0.717) is 11.7 Å². The molecule has 0 saturated carbocycles. The SMILES string of the molecule is CCc1cc2c(cc1C(C)=Cc1ccc(-c3nnn[nH]3)cc1)C(C)(C)C(C)C2(C)C. The minimum atomic E-state index is 0.174. The third-order valence-electron chi connectivity index (χ3n) is 7.52. The molecule has 2 aromatic carbocycles. The van der Waals surface area contributed by atoms with Crippen molar-refractivity contribution in [3.63, 3.8) is 0 Å². The summed E-state index contributed by atoms with van der Waals surface area (Å²) in [4.78, 5) is 0. The normalized spacial score (nSPS) is 19.7. The molecule has 156 valence electrons. The predicted molar refractivity (Wildman–Crippen MR) is 124 cm³/mol. The Balaban J connectivity index is 1.74. The first kappa shape index (κ1) is 20.5. The number of H-pyrrole nitrogens is 1. The molecule has 1 aromatic heterocycles. The number of fused-ring (bicyclic) bond motifs is 1. The van der Waals surface area contributed by atoms with Crippen LogP contribution < -0.4 is 0 Å². The van der Waals surface area contributed by atoms with Gasteiger partial charge in [-0.05, 0) is 73.9 Å². The lowest BCUT2D eigenvalue weighted by Crippen LogP contribution is -2.30. The van der Waals surface area contributed by atoms with Crippen LogP contribution in [0.1, 0.15) is 76.3 Å². The van der Waals surface area contributed by atoms with E-state index in [0.717, 1.165) is 12.0 Å². The number of hydrogen-bond donors (Lipinski definition) is 1. The van der Waals surface area contributed by atoms with Gasteiger partial charge < -0.3 is 0 Å². The van der Waals surface area contributed by atoms with Crippen molar-refractivity contribution in [2.24, 2.45) is 5.92 Å². The van der Waals surface area contributed by atoms with Gasteiger partial charge in [0.15, 0.2) is 5.82 Å². The Morgan fingerprint density at radius 3 is 2.23 bits per heavy atom. The molecule has 0 radical (unpaired) electrons. The molecule has 0 aliphatic heterocycles. The van der Waals surface area contributed by atoms with Gasteiger partial charge in [-0.15, -0.1) is 5.10 Å². The molecule has 0 fully saturated rings. The van der Waals surface area contributed by atoms with Crippen LogP contribution in [0.2, 0.25) is 0 Å². The van der Waals surface area contributed by atoms with E-state index in [1.165, 1.54) is 33.4 Å². The van der Waals surface area contributed by atoms with Crippen molar-refractivity contribution < 1.29 is 0 Å². The van der Waals surface area contributed by atoms with Crippen molar-refractivity contribution >= 4 is 11.6 Å². The summed E-state index contributed by atoms with van der Waals surface area (Å²) in [5.41, 5.74) is 9.68. The highest BCUT2D eigenvalue weighted by Gasteiger charge is 2.48. The Labute approximate surface area is 179 Å². The van der Waals surface area contributed by atoms with Crippen LogP contribution in [0, 0.1) is 5.92 Å². The smallest absolute Gasteiger partial charge is 0.179 e. The van der Waals surface area contributed by atoms with Crippen LogP contribution in [0.5, 0.6) is 0 Å². The third kappa shape index (κ3) is 3.19. The molecule has 4 heteroatoms. The quantitative estimate of drug-likeness (QED) is 0.531. The predicted octanol–water partition coefficient (Wildman–Crippen LogP) is 6.19. The maximum absolute atomic E-state index is 3.98. The fourth-order valence-electron chi connectivity index (χ4n) is 5.09. The average Bonchev–Trinajstić information content (AvgIpc) is 3.30. The molecule has 30 heavy (non-hydrogen) atoms. The van der Waals surface area contributed by atoms with Crippen LogP contribution >= 0.6 is 0 Å². The summed E-state index contributed by atoms with van der Waals surface area (Å²) >= 11 is 0. The number of aromatic amines is 1. The van der Waals surface area contributed by atoms with Gasteiger partial charge in [-0.1, -0.05) is 84.0 Å². The van der Waals surface area contributed by atoms with E-state index in [9.17, 15) is 0 Å². The molecule has 1 aliphatic carbocycles. The lowest BCUT2D eigenvalue weighted by molar-refractivity contribution is 0.264. The van der Waals surface area contributed by atoms with Crippen LogP contribution in [0.4, 0.5) is 0 Å². The van der Waals surface area contributed by atoms with E-state index in [1.54, 1.807) is 0 Å². The largest absolute Gasteiger partial charge is 0.239 e. The van der Waals surface area contributed by atoms with Crippen LogP contribution in [0.15, 0.2) is 36.4 Å². The summed E-state index contributed by atoms with van der Waals surface area (Å²) in [6.45, 7) is 16.5. The zero-order valence-corrected chi connectivity index (χ0v) is 19.2. The van der Waals surface area contributed by atoms with E-state index in [-0.39, 0.29) is 10.8 Å². The minimum absolute atomic E-state index is 0.174. The highest BCUT2D eigenvalue weighted by Crippen LogP contribution is 2.54. The molecule has 4 rings (SSSR count). The Morgan fingerprint density at radius 1 is 1.03 bits per heavy atom. The fraction of sp³-hybridized carbons (Fsp3) is 0.423. The average molecular weight is 401 g/mol. The second kappa shape index (κ2) is 7.19. The van der Waals surface area contributed by atoms with Gasteiger partial charge in [0.25, 0.3) is 0 Å². The molecular formula is C26H32N4. The van der Waals surface area contributed by atoms with Gasteiger partial charge in [0.2, 0.25) is 0 Å². The number of hydrogen-bond acceptors (Lipinski definition) is 3. The maximum atomic E-state index is 3.98. The summed E-state index contributed by atoms with van der Waals surface area (Å²) in [6, 6.07) is 13.3. The van der Waals surface area contributed by atoms with Gasteiger partial charge in [0, 0.05) is 5.56 Å². The first-order valence-corrected chi connectivity index (χ1v) is 10.9. The van der Waals surface area contributed by atoms with Gasteiger partial charge in [-0.25, -0.2) is 5.10 Å². The molecule has 1 aliphatic rings. The minimum Gasteiger partial charge on any atom is -0.239 e. The van der Waals surface area contributed by atoms with Crippen molar-refractivity contribution in [1.82, 2.24) is 20.6 Å². The maximum Gasteiger partial charge on any atom is 0.179 e. The summed E-state index contributed by atoms with van der Waals surface area (Å²) < 4.78 is 0. The number of rotatable bonds is 4. The Bertz CT molecular complexity index is 1090. The molecule has 3 aromatic rings. The van der Waals surface area contributed by atoms with Gasteiger partial charge in [0.05, 0.1) is 0 Å². The van der Waals surface area contributed by atoms with E-state index >= 15 is 0 Å². The number of allylic oxidation sites excluding steroid dienone is 1. The number of nitrogens with zero attached hydrogens (tertiary/aromatic N) is 3. The second-order valence-electron chi connectivity index (χ2n) is 9.77. The van der Waals surface area contributed by atoms with Gasteiger partial charge in [-0.3, -0.25) is 0 Å². The van der Waals surface area contributed by atoms with Crippen molar-refractivity contribution in [2.75, 3.05) is 0 Å². The van der Waals surface area contributed by atoms with Crippen molar-refractivity contribution in [3.8, 4) is 11.4 Å². The lowest BCUT2D eigenvalue weighted by Gasteiger charge is -2.32. The van der Waals surface area contributed by atoms with Crippen LogP contribution in [0.3, 0.4) is 0 Å². The highest BCUT2D eigenvalue weighted by atomic mass is 15.5. The van der Waals surface area contributed by atoms with E-state index in [4.69, 9.17) is 0 Å². The number of aromatic nitrogens is 4. The first-order valence-electron chi connectivity index (χ1n) is 10.9. The van der Waals surface area contributed by atoms with E-state index in [1.807, 2.05) is 0 Å². The Kier molecular flexibility index (Phi) is 4.92. The highest BCUT2D eigenvalue weighted by molar-refractivity contribution is 5.83. The van der Waals surface area contributed by atoms with E-state index in [2.05, 4.69) is 112 Å². The molecule has 0 spiro atoms. The topological polar surface area (TPSA) is 54.5 Å². The first-order chi connectivity index (χ1) is 14.2. The number of benzene rings is 2. The molecule has 1 N–H and O–H groups in total. The molecule has 0 amide bonds. The number of aryl methyl sites for hydroxylation is 1. The van der Waals surface area contributed by atoms with Gasteiger partial charge in [0.1, 0.15) is 0 Å². The fourth-order valence-corrected chi connectivity index (χ4v) is 5.09. The molecule has 1 unspecified atom stereocenters. The molecular weight excluding hydrogens is 368 g/mol. The second-order valence-corrected chi connectivity index (χ2v) is 9.77. The standard InChI is InChI=1S/C26H32N4/c1-8-19-14-22-23(26(6,7)17(3)25(22,4)5)15-21(19)16(2)13-18-9-11-20(12-10-18)24-27-29-30-28-24/h9-15,17H,8H2,1-7H3,(H,27,28,29,30). The number of nitrogens with one attached hydrogen (secondary N) is 1. The molecule has 1 atom stereocenters. The molecule has 0 saturated heterocycles. The summed E-state index contributed by atoms with van der Waals surface area (Å²) in [5, 5.41) is 14.1. The van der Waals surface area contributed by atoms with Crippen molar-refractivity contribution in [2.45, 2.75) is 65.7 Å². The Morgan fingerprint density at radius 2 is 1.67 bits per heavy atom. The molecule has 0 bridgehead atoms. The zero-order chi connectivity index (χ0) is 21.7. The summed E-state index contributed by atoms with van der Waals surface area (Å²) in [5.74, 6) is 1.29. The summed E-state index contributed by atoms with van der Waals surface area (Å²) in [6.07, 6.45) is 3.32. The van der Waals surface area contributed by atoms with Gasteiger partial charge >= 0.3 is 0 Å². The van der Waals surface area contributed by atoms with Crippen LogP contribution in [0.25, 0.3) is 23.0 Å². The molecule has 4 nitrogen and oxygen atoms in total. The van der Waals surface area contributed by atoms with Crippen LogP contribution in [-0.4, -0.2) is 20.6 Å². The van der Waals surface area contributed by atoms with E-state index < -0.39 is 0 Å². The Hall–Kier alpha value is -2.75. The van der Waals surface area contributed by atoms with Crippen LogP contribution in [-0.2, 0) is 17.3 Å².